The number of ether oxygens (including phenoxy) is 1. The van der Waals surface area contributed by atoms with Crippen molar-refractivity contribution in [3.8, 4) is 5.75 Å². The van der Waals surface area contributed by atoms with Crippen LogP contribution < -0.4 is 10.1 Å². The van der Waals surface area contributed by atoms with Crippen LogP contribution in [-0.4, -0.2) is 25.3 Å². The van der Waals surface area contributed by atoms with Gasteiger partial charge in [0.1, 0.15) is 5.75 Å². The van der Waals surface area contributed by atoms with Crippen LogP contribution in [-0.2, 0) is 0 Å². The van der Waals surface area contributed by atoms with E-state index in [4.69, 9.17) is 16.3 Å². The van der Waals surface area contributed by atoms with Crippen LogP contribution in [0.15, 0.2) is 30.9 Å². The fraction of sp³-hybridized carbons (Fsp3) is 0.333. The topological polar surface area (TPSA) is 41.5 Å². The van der Waals surface area contributed by atoms with Crippen LogP contribution in [0, 0.1) is 0 Å². The van der Waals surface area contributed by atoms with Gasteiger partial charge in [0.15, 0.2) is 0 Å². The molecule has 1 atom stereocenters. The predicted octanol–water partition coefficient (Wildman–Crippen LogP) is 2.16. The standard InChI is InChI=1S/C12H16ClNO2/c1-3-6-14-8-11(15)9-4-5-12(16-2)10(13)7-9/h3-5,7,11,14-15H,1,6,8H2,2H3. The molecular formula is C12H16ClNO2. The Morgan fingerprint density at radius 2 is 2.38 bits per heavy atom. The third-order valence-corrected chi connectivity index (χ3v) is 2.48. The highest BCUT2D eigenvalue weighted by atomic mass is 35.5. The van der Waals surface area contributed by atoms with Gasteiger partial charge < -0.3 is 15.2 Å². The van der Waals surface area contributed by atoms with Crippen molar-refractivity contribution in [2.45, 2.75) is 6.10 Å². The molecule has 1 aromatic carbocycles. The number of aliphatic hydroxyl groups is 1. The van der Waals surface area contributed by atoms with Crippen molar-refractivity contribution in [3.05, 3.63) is 41.4 Å². The first kappa shape index (κ1) is 13.0. The Morgan fingerprint density at radius 3 is 2.94 bits per heavy atom. The molecule has 0 bridgehead atoms. The summed E-state index contributed by atoms with van der Waals surface area (Å²) in [4.78, 5) is 0. The average Bonchev–Trinajstić information content (AvgIpc) is 2.29. The maximum atomic E-state index is 9.84. The molecule has 4 heteroatoms. The highest BCUT2D eigenvalue weighted by Gasteiger charge is 2.09. The molecule has 88 valence electrons. The lowest BCUT2D eigenvalue weighted by Gasteiger charge is -2.12. The number of benzene rings is 1. The number of halogens is 1. The summed E-state index contributed by atoms with van der Waals surface area (Å²) < 4.78 is 5.04. The van der Waals surface area contributed by atoms with E-state index in [0.717, 1.165) is 5.56 Å². The van der Waals surface area contributed by atoms with E-state index < -0.39 is 6.10 Å². The van der Waals surface area contributed by atoms with Gasteiger partial charge in [-0.1, -0.05) is 23.7 Å². The summed E-state index contributed by atoms with van der Waals surface area (Å²) in [5.74, 6) is 0.608. The molecular weight excluding hydrogens is 226 g/mol. The lowest BCUT2D eigenvalue weighted by atomic mass is 10.1. The summed E-state index contributed by atoms with van der Waals surface area (Å²) in [6.07, 6.45) is 1.16. The molecule has 2 N–H and O–H groups in total. The molecule has 0 saturated carbocycles. The molecule has 0 radical (unpaired) electrons. The highest BCUT2D eigenvalue weighted by molar-refractivity contribution is 6.32. The zero-order valence-electron chi connectivity index (χ0n) is 9.24. The predicted molar refractivity (Wildman–Crippen MR) is 66.0 cm³/mol. The fourth-order valence-electron chi connectivity index (χ4n) is 1.33. The summed E-state index contributed by atoms with van der Waals surface area (Å²) in [6.45, 7) is 4.72. The normalized spacial score (nSPS) is 12.2. The summed E-state index contributed by atoms with van der Waals surface area (Å²) in [5.41, 5.74) is 0.766. The number of hydrogen-bond acceptors (Lipinski definition) is 3. The molecule has 3 nitrogen and oxygen atoms in total. The third kappa shape index (κ3) is 3.52. The summed E-state index contributed by atoms with van der Waals surface area (Å²) >= 11 is 5.96. The second-order valence-corrected chi connectivity index (χ2v) is 3.76. The molecule has 1 unspecified atom stereocenters. The van der Waals surface area contributed by atoms with Gasteiger partial charge in [0.05, 0.1) is 18.2 Å². The van der Waals surface area contributed by atoms with Gasteiger partial charge in [-0.2, -0.15) is 0 Å². The van der Waals surface area contributed by atoms with Crippen molar-refractivity contribution >= 4 is 11.6 Å². The molecule has 0 fully saturated rings. The minimum absolute atomic E-state index is 0.467. The van der Waals surface area contributed by atoms with E-state index in [1.54, 1.807) is 31.4 Å². The Bertz CT molecular complexity index is 355. The van der Waals surface area contributed by atoms with E-state index in [2.05, 4.69) is 11.9 Å². The van der Waals surface area contributed by atoms with Gasteiger partial charge in [0.25, 0.3) is 0 Å². The number of nitrogens with one attached hydrogen (secondary N) is 1. The van der Waals surface area contributed by atoms with E-state index >= 15 is 0 Å². The highest BCUT2D eigenvalue weighted by Crippen LogP contribution is 2.27. The smallest absolute Gasteiger partial charge is 0.137 e. The molecule has 0 aliphatic heterocycles. The van der Waals surface area contributed by atoms with Crippen molar-refractivity contribution in [2.24, 2.45) is 0 Å². The summed E-state index contributed by atoms with van der Waals surface area (Å²) in [7, 11) is 1.56. The molecule has 0 saturated heterocycles. The van der Waals surface area contributed by atoms with Gasteiger partial charge >= 0.3 is 0 Å². The van der Waals surface area contributed by atoms with Crippen LogP contribution in [0.4, 0.5) is 0 Å². The summed E-state index contributed by atoms with van der Waals surface area (Å²) in [6, 6.07) is 5.25. The molecule has 16 heavy (non-hydrogen) atoms. The Kier molecular flexibility index (Phi) is 5.32. The van der Waals surface area contributed by atoms with Crippen molar-refractivity contribution in [2.75, 3.05) is 20.2 Å². The first-order valence-electron chi connectivity index (χ1n) is 5.02. The van der Waals surface area contributed by atoms with Gasteiger partial charge in [0.2, 0.25) is 0 Å². The minimum atomic E-state index is -0.580. The second kappa shape index (κ2) is 6.53. The van der Waals surface area contributed by atoms with Crippen molar-refractivity contribution < 1.29 is 9.84 Å². The zero-order chi connectivity index (χ0) is 12.0. The number of methoxy groups -OCH3 is 1. The van der Waals surface area contributed by atoms with Crippen LogP contribution in [0.25, 0.3) is 0 Å². The number of hydrogen-bond donors (Lipinski definition) is 2. The molecule has 0 spiro atoms. The maximum Gasteiger partial charge on any atom is 0.137 e. The molecule has 0 heterocycles. The van der Waals surface area contributed by atoms with Gasteiger partial charge in [-0.25, -0.2) is 0 Å². The molecule has 1 aromatic rings. The van der Waals surface area contributed by atoms with Gasteiger partial charge in [-0.15, -0.1) is 6.58 Å². The van der Waals surface area contributed by atoms with E-state index in [-0.39, 0.29) is 0 Å². The largest absolute Gasteiger partial charge is 0.495 e. The average molecular weight is 242 g/mol. The second-order valence-electron chi connectivity index (χ2n) is 3.36. The minimum Gasteiger partial charge on any atom is -0.495 e. The molecule has 0 aliphatic carbocycles. The van der Waals surface area contributed by atoms with Gasteiger partial charge in [-0.3, -0.25) is 0 Å². The lowest BCUT2D eigenvalue weighted by Crippen LogP contribution is -2.21. The SMILES string of the molecule is C=CCNCC(O)c1ccc(OC)c(Cl)c1. The van der Waals surface area contributed by atoms with Crippen molar-refractivity contribution in [1.29, 1.82) is 0 Å². The van der Waals surface area contributed by atoms with Crippen LogP contribution in [0.5, 0.6) is 5.75 Å². The van der Waals surface area contributed by atoms with E-state index in [0.29, 0.717) is 23.9 Å². The Labute approximate surface area is 101 Å². The summed E-state index contributed by atoms with van der Waals surface area (Å²) in [5, 5.41) is 13.4. The van der Waals surface area contributed by atoms with Crippen molar-refractivity contribution in [3.63, 3.8) is 0 Å². The number of rotatable bonds is 6. The van der Waals surface area contributed by atoms with Crippen LogP contribution in [0.2, 0.25) is 5.02 Å². The quantitative estimate of drug-likeness (QED) is 0.593. The number of aliphatic hydroxyl groups excluding tert-OH is 1. The Hall–Kier alpha value is -1.03. The zero-order valence-corrected chi connectivity index (χ0v) is 10.00. The van der Waals surface area contributed by atoms with Crippen LogP contribution in [0.1, 0.15) is 11.7 Å². The Morgan fingerprint density at radius 1 is 1.62 bits per heavy atom. The van der Waals surface area contributed by atoms with E-state index in [1.807, 2.05) is 0 Å². The monoisotopic (exact) mass is 241 g/mol. The molecule has 0 amide bonds. The van der Waals surface area contributed by atoms with Crippen LogP contribution in [0.3, 0.4) is 0 Å². The first-order chi connectivity index (χ1) is 7.69. The molecule has 1 rings (SSSR count). The molecule has 0 aliphatic rings. The van der Waals surface area contributed by atoms with Crippen molar-refractivity contribution in [1.82, 2.24) is 5.32 Å². The van der Waals surface area contributed by atoms with Crippen LogP contribution >= 0.6 is 11.6 Å². The fourth-order valence-corrected chi connectivity index (χ4v) is 1.60. The van der Waals surface area contributed by atoms with Gasteiger partial charge in [0, 0.05) is 13.1 Å². The third-order valence-electron chi connectivity index (χ3n) is 2.19. The maximum absolute atomic E-state index is 9.84. The Balaban J connectivity index is 2.65. The lowest BCUT2D eigenvalue weighted by molar-refractivity contribution is 0.176. The van der Waals surface area contributed by atoms with Gasteiger partial charge in [-0.05, 0) is 17.7 Å². The molecule has 0 aromatic heterocycles. The first-order valence-corrected chi connectivity index (χ1v) is 5.40. The van der Waals surface area contributed by atoms with E-state index in [1.165, 1.54) is 0 Å². The van der Waals surface area contributed by atoms with E-state index in [9.17, 15) is 5.11 Å².